The highest BCUT2D eigenvalue weighted by atomic mass is 16.5. The smallest absolute Gasteiger partial charge is 0.224 e. The van der Waals surface area contributed by atoms with Crippen molar-refractivity contribution in [2.75, 3.05) is 18.5 Å². The van der Waals surface area contributed by atoms with E-state index in [-0.39, 0.29) is 5.91 Å². The first-order valence-electron chi connectivity index (χ1n) is 6.51. The van der Waals surface area contributed by atoms with Gasteiger partial charge in [-0.05, 0) is 43.9 Å². The normalized spacial score (nSPS) is 14.3. The van der Waals surface area contributed by atoms with Crippen molar-refractivity contribution in [1.82, 2.24) is 0 Å². The number of carbonyl (C=O) groups is 1. The summed E-state index contributed by atoms with van der Waals surface area (Å²) in [6.45, 7) is 1.28. The van der Waals surface area contributed by atoms with Gasteiger partial charge in [0.25, 0.3) is 0 Å². The Morgan fingerprint density at radius 3 is 2.89 bits per heavy atom. The zero-order chi connectivity index (χ0) is 12.8. The van der Waals surface area contributed by atoms with Crippen molar-refractivity contribution in [1.29, 1.82) is 0 Å². The molecule has 4 heteroatoms. The van der Waals surface area contributed by atoms with E-state index in [1.54, 1.807) is 0 Å². The monoisotopic (exact) mass is 248 g/mol. The number of carbonyl (C=O) groups excluding carboxylic acids is 1. The molecule has 0 saturated heterocycles. The van der Waals surface area contributed by atoms with Crippen LogP contribution in [0.25, 0.3) is 0 Å². The summed E-state index contributed by atoms with van der Waals surface area (Å²) in [6.07, 6.45) is 3.67. The average Bonchev–Trinajstić information content (AvgIpc) is 3.19. The molecule has 18 heavy (non-hydrogen) atoms. The maximum atomic E-state index is 11.7. The van der Waals surface area contributed by atoms with Crippen LogP contribution in [0.4, 0.5) is 5.69 Å². The van der Waals surface area contributed by atoms with Crippen molar-refractivity contribution in [2.24, 2.45) is 11.7 Å². The molecule has 3 N–H and O–H groups in total. The van der Waals surface area contributed by atoms with Crippen LogP contribution in [0, 0.1) is 5.92 Å². The Hall–Kier alpha value is -1.55. The lowest BCUT2D eigenvalue weighted by Crippen LogP contribution is -2.14. The fourth-order valence-electron chi connectivity index (χ4n) is 1.66. The molecule has 0 bridgehead atoms. The Bertz CT molecular complexity index is 403. The maximum absolute atomic E-state index is 11.7. The molecule has 0 atom stereocenters. The largest absolute Gasteiger partial charge is 0.491 e. The summed E-state index contributed by atoms with van der Waals surface area (Å²) in [7, 11) is 0. The standard InChI is InChI=1S/C14H20N2O2/c15-9-3-6-14(17)16-12-4-1-2-5-13(12)18-10-11-7-8-11/h1-2,4-5,11H,3,6-10,15H2,(H,16,17). The van der Waals surface area contributed by atoms with Crippen LogP contribution in [0.5, 0.6) is 5.75 Å². The van der Waals surface area contributed by atoms with E-state index in [1.807, 2.05) is 24.3 Å². The van der Waals surface area contributed by atoms with E-state index >= 15 is 0 Å². The minimum atomic E-state index is -0.0112. The highest BCUT2D eigenvalue weighted by Crippen LogP contribution is 2.31. The fourth-order valence-corrected chi connectivity index (χ4v) is 1.66. The molecule has 0 heterocycles. The van der Waals surface area contributed by atoms with Crippen LogP contribution in [0.1, 0.15) is 25.7 Å². The molecule has 1 fully saturated rings. The number of amides is 1. The van der Waals surface area contributed by atoms with Crippen molar-refractivity contribution in [3.8, 4) is 5.75 Å². The Morgan fingerprint density at radius 2 is 2.17 bits per heavy atom. The van der Waals surface area contributed by atoms with Crippen molar-refractivity contribution < 1.29 is 9.53 Å². The second-order valence-corrected chi connectivity index (χ2v) is 4.69. The van der Waals surface area contributed by atoms with E-state index in [0.717, 1.165) is 18.0 Å². The van der Waals surface area contributed by atoms with E-state index in [1.165, 1.54) is 12.8 Å². The molecule has 1 aromatic rings. The summed E-state index contributed by atoms with van der Waals surface area (Å²) < 4.78 is 5.73. The first-order valence-corrected chi connectivity index (χ1v) is 6.51. The van der Waals surface area contributed by atoms with E-state index in [4.69, 9.17) is 10.5 Å². The third kappa shape index (κ3) is 4.04. The van der Waals surface area contributed by atoms with Crippen molar-refractivity contribution in [2.45, 2.75) is 25.7 Å². The van der Waals surface area contributed by atoms with E-state index in [2.05, 4.69) is 5.32 Å². The topological polar surface area (TPSA) is 64.4 Å². The molecule has 0 aromatic heterocycles. The Morgan fingerprint density at radius 1 is 1.39 bits per heavy atom. The molecule has 0 unspecified atom stereocenters. The van der Waals surface area contributed by atoms with Crippen LogP contribution >= 0.6 is 0 Å². The predicted molar refractivity (Wildman–Crippen MR) is 71.6 cm³/mol. The van der Waals surface area contributed by atoms with Gasteiger partial charge in [0.05, 0.1) is 12.3 Å². The van der Waals surface area contributed by atoms with Gasteiger partial charge in [-0.1, -0.05) is 12.1 Å². The lowest BCUT2D eigenvalue weighted by atomic mass is 10.2. The summed E-state index contributed by atoms with van der Waals surface area (Å²) in [4.78, 5) is 11.7. The van der Waals surface area contributed by atoms with Gasteiger partial charge >= 0.3 is 0 Å². The second-order valence-electron chi connectivity index (χ2n) is 4.69. The minimum Gasteiger partial charge on any atom is -0.491 e. The molecule has 1 saturated carbocycles. The number of rotatable bonds is 7. The minimum absolute atomic E-state index is 0.0112. The van der Waals surface area contributed by atoms with Crippen LogP contribution in [0.15, 0.2) is 24.3 Å². The predicted octanol–water partition coefficient (Wildman–Crippen LogP) is 2.15. The zero-order valence-corrected chi connectivity index (χ0v) is 10.5. The van der Waals surface area contributed by atoms with Gasteiger partial charge in [-0.15, -0.1) is 0 Å². The lowest BCUT2D eigenvalue weighted by molar-refractivity contribution is -0.116. The summed E-state index contributed by atoms with van der Waals surface area (Å²) in [5, 5.41) is 2.87. The number of anilines is 1. The quantitative estimate of drug-likeness (QED) is 0.777. The number of para-hydroxylation sites is 2. The molecule has 2 rings (SSSR count). The van der Waals surface area contributed by atoms with Gasteiger partial charge in [-0.25, -0.2) is 0 Å². The molecular weight excluding hydrogens is 228 g/mol. The average molecular weight is 248 g/mol. The molecule has 1 aliphatic rings. The SMILES string of the molecule is NCCCC(=O)Nc1ccccc1OCC1CC1. The lowest BCUT2D eigenvalue weighted by Gasteiger charge is -2.12. The van der Waals surface area contributed by atoms with Gasteiger partial charge in [-0.2, -0.15) is 0 Å². The molecule has 1 aromatic carbocycles. The van der Waals surface area contributed by atoms with Crippen molar-refractivity contribution in [3.63, 3.8) is 0 Å². The van der Waals surface area contributed by atoms with Crippen LogP contribution in [-0.2, 0) is 4.79 Å². The maximum Gasteiger partial charge on any atom is 0.224 e. The Kier molecular flexibility index (Phi) is 4.59. The third-order valence-electron chi connectivity index (χ3n) is 2.94. The van der Waals surface area contributed by atoms with Gasteiger partial charge in [0.15, 0.2) is 0 Å². The van der Waals surface area contributed by atoms with Crippen LogP contribution < -0.4 is 15.8 Å². The molecular formula is C14H20N2O2. The highest BCUT2D eigenvalue weighted by molar-refractivity contribution is 5.92. The van der Waals surface area contributed by atoms with Crippen LogP contribution in [0.3, 0.4) is 0 Å². The van der Waals surface area contributed by atoms with Crippen molar-refractivity contribution >= 4 is 11.6 Å². The first-order chi connectivity index (χ1) is 8.79. The van der Waals surface area contributed by atoms with Crippen LogP contribution in [0.2, 0.25) is 0 Å². The third-order valence-corrected chi connectivity index (χ3v) is 2.94. The summed E-state index contributed by atoms with van der Waals surface area (Å²) in [5.41, 5.74) is 6.13. The van der Waals surface area contributed by atoms with E-state index in [9.17, 15) is 4.79 Å². The zero-order valence-electron chi connectivity index (χ0n) is 10.5. The van der Waals surface area contributed by atoms with Gasteiger partial charge < -0.3 is 15.8 Å². The number of benzene rings is 1. The second kappa shape index (κ2) is 6.40. The Balaban J connectivity index is 1.90. The van der Waals surface area contributed by atoms with Crippen LogP contribution in [-0.4, -0.2) is 19.1 Å². The molecule has 0 radical (unpaired) electrons. The number of hydrogen-bond donors (Lipinski definition) is 2. The van der Waals surface area contributed by atoms with E-state index < -0.39 is 0 Å². The summed E-state index contributed by atoms with van der Waals surface area (Å²) >= 11 is 0. The van der Waals surface area contributed by atoms with Crippen molar-refractivity contribution in [3.05, 3.63) is 24.3 Å². The molecule has 98 valence electrons. The van der Waals surface area contributed by atoms with E-state index in [0.29, 0.717) is 25.3 Å². The fraction of sp³-hybridized carbons (Fsp3) is 0.500. The van der Waals surface area contributed by atoms with Gasteiger partial charge in [0.2, 0.25) is 5.91 Å². The number of hydrogen-bond acceptors (Lipinski definition) is 3. The van der Waals surface area contributed by atoms with Gasteiger partial charge in [0, 0.05) is 6.42 Å². The van der Waals surface area contributed by atoms with Gasteiger partial charge in [0.1, 0.15) is 5.75 Å². The first kappa shape index (κ1) is 12.9. The number of ether oxygens (including phenoxy) is 1. The summed E-state index contributed by atoms with van der Waals surface area (Å²) in [6, 6.07) is 7.56. The molecule has 0 spiro atoms. The number of nitrogens with two attached hydrogens (primary N) is 1. The molecule has 4 nitrogen and oxygen atoms in total. The number of nitrogens with one attached hydrogen (secondary N) is 1. The molecule has 0 aliphatic heterocycles. The van der Waals surface area contributed by atoms with Gasteiger partial charge in [-0.3, -0.25) is 4.79 Å². The molecule has 1 aliphatic carbocycles. The Labute approximate surface area is 108 Å². The highest BCUT2D eigenvalue weighted by Gasteiger charge is 2.22. The molecule has 1 amide bonds. The summed E-state index contributed by atoms with van der Waals surface area (Å²) in [5.74, 6) is 1.44.